The van der Waals surface area contributed by atoms with Crippen LogP contribution in [0.4, 0.5) is 5.69 Å². The molecule has 0 saturated heterocycles. The zero-order valence-corrected chi connectivity index (χ0v) is 15.2. The van der Waals surface area contributed by atoms with Gasteiger partial charge >= 0.3 is 0 Å². The van der Waals surface area contributed by atoms with Crippen LogP contribution >= 0.6 is 0 Å². The van der Waals surface area contributed by atoms with Gasteiger partial charge in [0.1, 0.15) is 0 Å². The second-order valence-electron chi connectivity index (χ2n) is 6.53. The van der Waals surface area contributed by atoms with Crippen LogP contribution in [0.3, 0.4) is 0 Å². The van der Waals surface area contributed by atoms with Crippen LogP contribution in [0.1, 0.15) is 34.3 Å². The molecular formula is C19H22N2O3S. The maximum Gasteiger partial charge on any atom is 0.261 e. The SMILES string of the molecule is Cc1cccc(NS(=O)(=O)c2ccc(C(=O)NCC3CC3)cc2)c1C. The number of hydrogen-bond acceptors (Lipinski definition) is 3. The number of amides is 1. The van der Waals surface area contributed by atoms with Gasteiger partial charge in [0, 0.05) is 12.1 Å². The molecule has 0 aromatic heterocycles. The first kappa shape index (κ1) is 17.5. The van der Waals surface area contributed by atoms with E-state index in [1.165, 1.54) is 25.0 Å². The highest BCUT2D eigenvalue weighted by Gasteiger charge is 2.22. The molecule has 0 unspecified atom stereocenters. The predicted molar refractivity (Wildman–Crippen MR) is 98.2 cm³/mol. The number of anilines is 1. The molecule has 2 aromatic rings. The monoisotopic (exact) mass is 358 g/mol. The molecule has 3 rings (SSSR count). The summed E-state index contributed by atoms with van der Waals surface area (Å²) in [6.45, 7) is 4.50. The van der Waals surface area contributed by atoms with Crippen molar-refractivity contribution < 1.29 is 13.2 Å². The lowest BCUT2D eigenvalue weighted by Crippen LogP contribution is -2.25. The number of rotatable bonds is 6. The standard InChI is InChI=1S/C19H22N2O3S/c1-13-4-3-5-18(14(13)2)21-25(23,24)17-10-8-16(9-11-17)19(22)20-12-15-6-7-15/h3-5,8-11,15,21H,6-7,12H2,1-2H3,(H,20,22). The van der Waals surface area contributed by atoms with E-state index in [1.54, 1.807) is 18.2 Å². The predicted octanol–water partition coefficient (Wildman–Crippen LogP) is 3.24. The van der Waals surface area contributed by atoms with Crippen molar-refractivity contribution in [1.29, 1.82) is 0 Å². The fourth-order valence-corrected chi connectivity index (χ4v) is 3.63. The second kappa shape index (κ2) is 6.88. The summed E-state index contributed by atoms with van der Waals surface area (Å²) in [5, 5.41) is 2.87. The molecule has 1 aliphatic carbocycles. The lowest BCUT2D eigenvalue weighted by atomic mass is 10.1. The van der Waals surface area contributed by atoms with Crippen molar-refractivity contribution in [1.82, 2.24) is 5.32 Å². The number of carbonyl (C=O) groups excluding carboxylic acids is 1. The van der Waals surface area contributed by atoms with Crippen LogP contribution in [0.25, 0.3) is 0 Å². The van der Waals surface area contributed by atoms with E-state index in [0.29, 0.717) is 23.7 Å². The molecule has 0 spiro atoms. The number of aryl methyl sites for hydroxylation is 1. The zero-order chi connectivity index (χ0) is 18.0. The first-order chi connectivity index (χ1) is 11.9. The summed E-state index contributed by atoms with van der Waals surface area (Å²) >= 11 is 0. The van der Waals surface area contributed by atoms with E-state index < -0.39 is 10.0 Å². The summed E-state index contributed by atoms with van der Waals surface area (Å²) < 4.78 is 27.7. The number of sulfonamides is 1. The van der Waals surface area contributed by atoms with Crippen LogP contribution in [0, 0.1) is 19.8 Å². The Balaban J connectivity index is 1.73. The highest BCUT2D eigenvalue weighted by molar-refractivity contribution is 7.92. The van der Waals surface area contributed by atoms with Crippen LogP contribution < -0.4 is 10.0 Å². The van der Waals surface area contributed by atoms with Gasteiger partial charge < -0.3 is 5.32 Å². The third-order valence-electron chi connectivity index (χ3n) is 4.52. The van der Waals surface area contributed by atoms with Crippen LogP contribution in [-0.4, -0.2) is 20.9 Å². The number of nitrogens with one attached hydrogen (secondary N) is 2. The van der Waals surface area contributed by atoms with Gasteiger partial charge in [0.25, 0.3) is 15.9 Å². The van der Waals surface area contributed by atoms with Gasteiger partial charge in [0.2, 0.25) is 0 Å². The fraction of sp³-hybridized carbons (Fsp3) is 0.316. The summed E-state index contributed by atoms with van der Waals surface area (Å²) in [5.74, 6) is 0.434. The van der Waals surface area contributed by atoms with Gasteiger partial charge in [-0.1, -0.05) is 12.1 Å². The molecule has 6 heteroatoms. The van der Waals surface area contributed by atoms with Crippen molar-refractivity contribution in [2.24, 2.45) is 5.92 Å². The summed E-state index contributed by atoms with van der Waals surface area (Å²) in [7, 11) is -3.69. The smallest absolute Gasteiger partial charge is 0.261 e. The summed E-state index contributed by atoms with van der Waals surface area (Å²) in [4.78, 5) is 12.2. The Morgan fingerprint density at radius 3 is 2.40 bits per heavy atom. The minimum Gasteiger partial charge on any atom is -0.352 e. The number of carbonyl (C=O) groups is 1. The van der Waals surface area contributed by atoms with E-state index in [4.69, 9.17) is 0 Å². The topological polar surface area (TPSA) is 75.3 Å². The Morgan fingerprint density at radius 2 is 1.76 bits per heavy atom. The highest BCUT2D eigenvalue weighted by atomic mass is 32.2. The van der Waals surface area contributed by atoms with Gasteiger partial charge in [-0.25, -0.2) is 8.42 Å². The van der Waals surface area contributed by atoms with Crippen molar-refractivity contribution in [2.75, 3.05) is 11.3 Å². The van der Waals surface area contributed by atoms with Crippen LogP contribution in [0.5, 0.6) is 0 Å². The first-order valence-corrected chi connectivity index (χ1v) is 9.82. The van der Waals surface area contributed by atoms with E-state index >= 15 is 0 Å². The van der Waals surface area contributed by atoms with Crippen molar-refractivity contribution in [3.63, 3.8) is 0 Å². The van der Waals surface area contributed by atoms with Crippen molar-refractivity contribution in [2.45, 2.75) is 31.6 Å². The zero-order valence-electron chi connectivity index (χ0n) is 14.4. The van der Waals surface area contributed by atoms with E-state index in [1.807, 2.05) is 26.0 Å². The third kappa shape index (κ3) is 4.20. The molecule has 0 radical (unpaired) electrons. The summed E-state index contributed by atoms with van der Waals surface area (Å²) in [6.07, 6.45) is 2.34. The Hall–Kier alpha value is -2.34. The lowest BCUT2D eigenvalue weighted by Gasteiger charge is -2.12. The van der Waals surface area contributed by atoms with Gasteiger partial charge in [0.15, 0.2) is 0 Å². The van der Waals surface area contributed by atoms with Gasteiger partial charge in [-0.3, -0.25) is 9.52 Å². The highest BCUT2D eigenvalue weighted by Crippen LogP contribution is 2.27. The molecule has 0 heterocycles. The Bertz CT molecular complexity index is 885. The van der Waals surface area contributed by atoms with Gasteiger partial charge in [-0.05, 0) is 74.1 Å². The van der Waals surface area contributed by atoms with Gasteiger partial charge in [-0.15, -0.1) is 0 Å². The largest absolute Gasteiger partial charge is 0.352 e. The van der Waals surface area contributed by atoms with Crippen LogP contribution in [0.2, 0.25) is 0 Å². The number of hydrogen-bond donors (Lipinski definition) is 2. The summed E-state index contributed by atoms with van der Waals surface area (Å²) in [5.41, 5.74) is 2.93. The average Bonchev–Trinajstić information content (AvgIpc) is 3.41. The molecule has 2 N–H and O–H groups in total. The molecule has 5 nitrogen and oxygen atoms in total. The fourth-order valence-electron chi connectivity index (χ4n) is 2.51. The van der Waals surface area contributed by atoms with Crippen molar-refractivity contribution in [3.8, 4) is 0 Å². The Kier molecular flexibility index (Phi) is 4.81. The molecule has 0 bridgehead atoms. The van der Waals surface area contributed by atoms with Crippen molar-refractivity contribution in [3.05, 3.63) is 59.2 Å². The normalized spacial score (nSPS) is 14.2. The number of benzene rings is 2. The van der Waals surface area contributed by atoms with Gasteiger partial charge in [0.05, 0.1) is 10.6 Å². The van der Waals surface area contributed by atoms with E-state index in [2.05, 4.69) is 10.0 Å². The molecule has 0 aliphatic heterocycles. The molecule has 1 aliphatic rings. The average molecular weight is 358 g/mol. The molecular weight excluding hydrogens is 336 g/mol. The summed E-state index contributed by atoms with van der Waals surface area (Å²) in [6, 6.07) is 11.5. The third-order valence-corrected chi connectivity index (χ3v) is 5.91. The molecule has 1 fully saturated rings. The minimum absolute atomic E-state index is 0.132. The van der Waals surface area contributed by atoms with Crippen LogP contribution in [-0.2, 0) is 10.0 Å². The maximum absolute atomic E-state index is 12.6. The first-order valence-electron chi connectivity index (χ1n) is 8.34. The molecule has 1 amide bonds. The molecule has 1 saturated carbocycles. The molecule has 0 atom stereocenters. The van der Waals surface area contributed by atoms with Crippen molar-refractivity contribution >= 4 is 21.6 Å². The molecule has 132 valence electrons. The Labute approximate surface area is 148 Å². The molecule has 25 heavy (non-hydrogen) atoms. The van der Waals surface area contributed by atoms with Crippen LogP contribution in [0.15, 0.2) is 47.4 Å². The van der Waals surface area contributed by atoms with Gasteiger partial charge in [-0.2, -0.15) is 0 Å². The minimum atomic E-state index is -3.69. The quantitative estimate of drug-likeness (QED) is 0.832. The van der Waals surface area contributed by atoms with E-state index in [9.17, 15) is 13.2 Å². The lowest BCUT2D eigenvalue weighted by molar-refractivity contribution is 0.0951. The Morgan fingerprint density at radius 1 is 1.08 bits per heavy atom. The molecule has 2 aromatic carbocycles. The van der Waals surface area contributed by atoms with E-state index in [-0.39, 0.29) is 10.8 Å². The second-order valence-corrected chi connectivity index (χ2v) is 8.21. The maximum atomic E-state index is 12.6. The van der Waals surface area contributed by atoms with E-state index in [0.717, 1.165) is 11.1 Å².